The first-order valence-electron chi connectivity index (χ1n) is 9.74. The molecule has 2 N–H and O–H groups in total. The number of allylic oxidation sites excluding steroid dienone is 2. The van der Waals surface area contributed by atoms with E-state index in [1.807, 2.05) is 6.07 Å². The predicted molar refractivity (Wildman–Crippen MR) is 110 cm³/mol. The standard InChI is InChI=1S/C22H29BrO4/c1-13-7-8-17-16(10-13)20-18(24)11-14(12-19(20)27-22(17,2)3)15(21(25)26)6-4-5-9-23/h7,11-12,15-17,24H,4-6,8-10H2,1-3H3,(H,25,26)/t15?,16-,17-/m1/s1. The number of fused-ring (bicyclic) bond motifs is 3. The van der Waals surface area contributed by atoms with Crippen molar-refractivity contribution in [2.24, 2.45) is 5.92 Å². The van der Waals surface area contributed by atoms with Gasteiger partial charge in [-0.2, -0.15) is 0 Å². The van der Waals surface area contributed by atoms with Crippen molar-refractivity contribution in [3.05, 3.63) is 34.9 Å². The zero-order chi connectivity index (χ0) is 19.8. The molecule has 148 valence electrons. The summed E-state index contributed by atoms with van der Waals surface area (Å²) in [5, 5.41) is 21.4. The maximum absolute atomic E-state index is 11.8. The van der Waals surface area contributed by atoms with Crippen molar-refractivity contribution < 1.29 is 19.7 Å². The number of hydrogen-bond donors (Lipinski definition) is 2. The van der Waals surface area contributed by atoms with Gasteiger partial charge in [0.15, 0.2) is 0 Å². The molecule has 1 aromatic rings. The molecule has 0 bridgehead atoms. The summed E-state index contributed by atoms with van der Waals surface area (Å²) in [4.78, 5) is 11.8. The fourth-order valence-corrected chi connectivity index (χ4v) is 5.06. The molecule has 4 nitrogen and oxygen atoms in total. The van der Waals surface area contributed by atoms with Crippen LogP contribution in [0.2, 0.25) is 0 Å². The van der Waals surface area contributed by atoms with Crippen LogP contribution in [0.4, 0.5) is 0 Å². The number of carbonyl (C=O) groups is 1. The molecule has 0 spiro atoms. The summed E-state index contributed by atoms with van der Waals surface area (Å²) in [5.74, 6) is -0.141. The number of carboxylic acids is 1. The van der Waals surface area contributed by atoms with Crippen LogP contribution in [0.3, 0.4) is 0 Å². The minimum absolute atomic E-state index is 0.175. The van der Waals surface area contributed by atoms with E-state index >= 15 is 0 Å². The molecule has 0 radical (unpaired) electrons. The Morgan fingerprint density at radius 3 is 2.78 bits per heavy atom. The number of rotatable bonds is 6. The van der Waals surface area contributed by atoms with Gasteiger partial charge in [0, 0.05) is 22.7 Å². The molecule has 1 aliphatic carbocycles. The molecular weight excluding hydrogens is 408 g/mol. The molecule has 0 fully saturated rings. The topological polar surface area (TPSA) is 66.8 Å². The number of aliphatic carboxylic acids is 1. The Balaban J connectivity index is 2.00. The summed E-state index contributed by atoms with van der Waals surface area (Å²) in [6.45, 7) is 6.32. The van der Waals surface area contributed by atoms with E-state index in [4.69, 9.17) is 4.74 Å². The van der Waals surface area contributed by atoms with E-state index in [9.17, 15) is 15.0 Å². The Hall–Kier alpha value is -1.49. The smallest absolute Gasteiger partial charge is 0.310 e. The highest BCUT2D eigenvalue weighted by atomic mass is 79.9. The van der Waals surface area contributed by atoms with E-state index in [2.05, 4.69) is 42.8 Å². The number of benzene rings is 1. The van der Waals surface area contributed by atoms with Crippen LogP contribution in [0.15, 0.2) is 23.8 Å². The van der Waals surface area contributed by atoms with Gasteiger partial charge >= 0.3 is 5.97 Å². The monoisotopic (exact) mass is 436 g/mol. The number of phenolic OH excluding ortho intramolecular Hbond substituents is 1. The lowest BCUT2D eigenvalue weighted by Gasteiger charge is -2.47. The van der Waals surface area contributed by atoms with Crippen LogP contribution in [-0.2, 0) is 4.79 Å². The number of aromatic hydroxyl groups is 1. The predicted octanol–water partition coefficient (Wildman–Crippen LogP) is 5.74. The fraction of sp³-hybridized carbons (Fsp3) is 0.591. The lowest BCUT2D eigenvalue weighted by molar-refractivity contribution is -0.139. The van der Waals surface area contributed by atoms with E-state index in [-0.39, 0.29) is 17.3 Å². The van der Waals surface area contributed by atoms with Gasteiger partial charge in [-0.3, -0.25) is 4.79 Å². The molecule has 2 aliphatic rings. The summed E-state index contributed by atoms with van der Waals surface area (Å²) in [5.41, 5.74) is 2.46. The minimum atomic E-state index is -0.853. The molecule has 1 unspecified atom stereocenters. The van der Waals surface area contributed by atoms with Crippen LogP contribution in [0.5, 0.6) is 11.5 Å². The lowest BCUT2D eigenvalue weighted by Crippen LogP contribution is -2.45. The zero-order valence-corrected chi connectivity index (χ0v) is 17.9. The van der Waals surface area contributed by atoms with Crippen LogP contribution >= 0.6 is 15.9 Å². The third-order valence-electron chi connectivity index (χ3n) is 6.10. The van der Waals surface area contributed by atoms with Crippen molar-refractivity contribution in [3.63, 3.8) is 0 Å². The number of halogens is 1. The third kappa shape index (κ3) is 4.03. The van der Waals surface area contributed by atoms with Crippen molar-refractivity contribution in [2.75, 3.05) is 5.33 Å². The number of alkyl halides is 1. The maximum Gasteiger partial charge on any atom is 0.310 e. The molecule has 0 saturated carbocycles. The van der Waals surface area contributed by atoms with Gasteiger partial charge in [-0.15, -0.1) is 0 Å². The van der Waals surface area contributed by atoms with Crippen molar-refractivity contribution in [3.8, 4) is 11.5 Å². The van der Waals surface area contributed by atoms with Crippen LogP contribution in [0, 0.1) is 5.92 Å². The first-order valence-corrected chi connectivity index (χ1v) is 10.9. The maximum atomic E-state index is 11.8. The molecule has 1 aromatic carbocycles. The third-order valence-corrected chi connectivity index (χ3v) is 6.66. The van der Waals surface area contributed by atoms with Gasteiger partial charge in [-0.05, 0) is 64.2 Å². The largest absolute Gasteiger partial charge is 0.508 e. The summed E-state index contributed by atoms with van der Waals surface area (Å²) < 4.78 is 6.31. The number of carboxylic acid groups (broad SMARTS) is 1. The summed E-state index contributed by atoms with van der Waals surface area (Å²) in [6.07, 6.45) is 6.42. The molecule has 5 heteroatoms. The Morgan fingerprint density at radius 2 is 2.11 bits per heavy atom. The van der Waals surface area contributed by atoms with Gasteiger partial charge < -0.3 is 14.9 Å². The Labute approximate surface area is 169 Å². The van der Waals surface area contributed by atoms with E-state index in [0.717, 1.165) is 36.6 Å². The highest BCUT2D eigenvalue weighted by Crippen LogP contribution is 2.54. The normalized spacial score (nSPS) is 24.2. The van der Waals surface area contributed by atoms with Crippen molar-refractivity contribution >= 4 is 21.9 Å². The zero-order valence-electron chi connectivity index (χ0n) is 16.3. The first-order chi connectivity index (χ1) is 12.7. The lowest BCUT2D eigenvalue weighted by atomic mass is 9.67. The van der Waals surface area contributed by atoms with Crippen molar-refractivity contribution in [2.45, 2.75) is 70.3 Å². The molecule has 3 atom stereocenters. The first kappa shape index (κ1) is 20.2. The second-order valence-corrected chi connectivity index (χ2v) is 9.23. The van der Waals surface area contributed by atoms with Crippen molar-refractivity contribution in [1.82, 2.24) is 0 Å². The highest BCUT2D eigenvalue weighted by molar-refractivity contribution is 9.09. The van der Waals surface area contributed by atoms with Crippen molar-refractivity contribution in [1.29, 1.82) is 0 Å². The van der Waals surface area contributed by atoms with Gasteiger partial charge in [0.1, 0.15) is 17.1 Å². The number of phenols is 1. The SMILES string of the molecule is CC1=CC[C@@H]2[C@@H](C1)c1c(O)cc(C(CCCCBr)C(=O)O)cc1OC2(C)C. The molecule has 3 rings (SSSR count). The van der Waals surface area contributed by atoms with E-state index in [1.54, 1.807) is 6.07 Å². The molecule has 27 heavy (non-hydrogen) atoms. The van der Waals surface area contributed by atoms with Gasteiger partial charge in [-0.1, -0.05) is 34.0 Å². The van der Waals surface area contributed by atoms with E-state index < -0.39 is 11.9 Å². The molecular formula is C22H29BrO4. The van der Waals surface area contributed by atoms with Crippen LogP contribution < -0.4 is 4.74 Å². The average Bonchev–Trinajstić information content (AvgIpc) is 2.56. The molecule has 0 amide bonds. The van der Waals surface area contributed by atoms with Gasteiger partial charge in [-0.25, -0.2) is 0 Å². The number of unbranched alkanes of at least 4 members (excludes halogenated alkanes) is 1. The van der Waals surface area contributed by atoms with E-state index in [0.29, 0.717) is 23.7 Å². The summed E-state index contributed by atoms with van der Waals surface area (Å²) >= 11 is 3.39. The summed E-state index contributed by atoms with van der Waals surface area (Å²) in [7, 11) is 0. The highest BCUT2D eigenvalue weighted by Gasteiger charge is 2.46. The van der Waals surface area contributed by atoms with Crippen LogP contribution in [0.1, 0.15) is 75.8 Å². The Bertz CT molecular complexity index is 753. The minimum Gasteiger partial charge on any atom is -0.508 e. The molecule has 1 aliphatic heterocycles. The Kier molecular flexibility index (Phi) is 5.90. The molecule has 0 saturated heterocycles. The van der Waals surface area contributed by atoms with Crippen LogP contribution in [0.25, 0.3) is 0 Å². The number of hydrogen-bond acceptors (Lipinski definition) is 3. The second kappa shape index (κ2) is 7.86. The Morgan fingerprint density at radius 1 is 1.37 bits per heavy atom. The van der Waals surface area contributed by atoms with Gasteiger partial charge in [0.25, 0.3) is 0 Å². The average molecular weight is 437 g/mol. The number of ether oxygens (including phenoxy) is 1. The van der Waals surface area contributed by atoms with E-state index in [1.165, 1.54) is 5.57 Å². The second-order valence-electron chi connectivity index (χ2n) is 8.44. The molecule has 0 aromatic heterocycles. The summed E-state index contributed by atoms with van der Waals surface area (Å²) in [6, 6.07) is 3.51. The molecule has 1 heterocycles. The quantitative estimate of drug-likeness (QED) is 0.339. The van der Waals surface area contributed by atoms with Gasteiger partial charge in [0.2, 0.25) is 0 Å². The van der Waals surface area contributed by atoms with Crippen LogP contribution in [-0.4, -0.2) is 27.1 Å². The van der Waals surface area contributed by atoms with Gasteiger partial charge in [0.05, 0.1) is 5.92 Å². The fourth-order valence-electron chi connectivity index (χ4n) is 4.66.